The number of quaternary nitrogens is 1. The maximum atomic E-state index is 12.4. The Morgan fingerprint density at radius 2 is 1.74 bits per heavy atom. The molecule has 9 nitrogen and oxygen atoms in total. The Labute approximate surface area is 253 Å². The van der Waals surface area contributed by atoms with Crippen molar-refractivity contribution in [2.24, 2.45) is 21.8 Å². The zero-order chi connectivity index (χ0) is 28.6. The van der Waals surface area contributed by atoms with E-state index in [4.69, 9.17) is 14.7 Å². The van der Waals surface area contributed by atoms with Gasteiger partial charge in [-0.25, -0.2) is 14.7 Å². The second-order valence-electron chi connectivity index (χ2n) is 10.7. The van der Waals surface area contributed by atoms with Gasteiger partial charge in [0.05, 0.1) is 46.3 Å². The van der Waals surface area contributed by atoms with Crippen LogP contribution in [0.2, 0.25) is 0 Å². The molecule has 1 N–H and O–H groups in total. The Balaban J connectivity index is 0.00000329. The summed E-state index contributed by atoms with van der Waals surface area (Å²) >= 11 is 0. The Morgan fingerprint density at radius 1 is 0.977 bits per heavy atom. The molecule has 0 radical (unpaired) electrons. The number of carbonyl (C=O) groups excluding carboxylic acids is 1. The van der Waals surface area contributed by atoms with Crippen LogP contribution >= 0.6 is 0 Å². The molecule has 0 spiro atoms. The number of nitrogens with one attached hydrogen (secondary N) is 1. The van der Waals surface area contributed by atoms with Crippen molar-refractivity contribution in [2.45, 2.75) is 12.8 Å². The zero-order valence-electron chi connectivity index (χ0n) is 22.9. The van der Waals surface area contributed by atoms with Crippen molar-refractivity contribution < 1.29 is 31.8 Å². The molecule has 0 bridgehead atoms. The highest BCUT2D eigenvalue weighted by Crippen LogP contribution is 2.41. The number of nitro benzene ring substituents is 1. The van der Waals surface area contributed by atoms with Gasteiger partial charge in [-0.1, -0.05) is 42.5 Å². The third kappa shape index (κ3) is 5.48. The van der Waals surface area contributed by atoms with Gasteiger partial charge in [-0.15, -0.1) is 0 Å². The molecule has 1 saturated carbocycles. The topological polar surface area (TPSA) is 111 Å². The highest BCUT2D eigenvalue weighted by Gasteiger charge is 2.41. The molecule has 1 atom stereocenters. The minimum Gasteiger partial charge on any atom is -1.00 e. The molecule has 0 amide bonds. The first kappa shape index (κ1) is 28.1. The fraction of sp³-hybridized carbons (Fsp3) is 0.152. The molecule has 0 saturated heterocycles. The molecule has 4 aromatic rings. The molecule has 3 aliphatic rings. The first-order chi connectivity index (χ1) is 20.5. The number of hydrogen-bond donors (Lipinski definition) is 1. The molecule has 3 heterocycles. The average molecular weight is 592 g/mol. The lowest BCUT2D eigenvalue weighted by Crippen LogP contribution is -3.08. The molecule has 1 aliphatic carbocycles. The van der Waals surface area contributed by atoms with Crippen LogP contribution in [0.25, 0.3) is 22.2 Å². The standard InChI is InChI=1S/C33H25N5O4.ClH/c39-33(24-8-11-27(12-9-24)38(40)41)42-20-21-16-26(17-21)31-30-19-34-14-15-37(30)32(36-31)25-7-6-23-10-13-28(35-29(23)18-25)22-4-2-1-3-5-22;/h1-15,18-19,21,26H,16-17,20H2;1H. The summed E-state index contributed by atoms with van der Waals surface area (Å²) in [6.45, 7) is 0.302. The Hall–Kier alpha value is -4.99. The summed E-state index contributed by atoms with van der Waals surface area (Å²) in [6.07, 6.45) is 7.41. The summed E-state index contributed by atoms with van der Waals surface area (Å²) in [6, 6.07) is 26.0. The van der Waals surface area contributed by atoms with E-state index in [1.54, 1.807) is 6.20 Å². The van der Waals surface area contributed by atoms with Gasteiger partial charge >= 0.3 is 5.97 Å². The van der Waals surface area contributed by atoms with Gasteiger partial charge in [0.25, 0.3) is 5.69 Å². The minimum atomic E-state index is -0.496. The van der Waals surface area contributed by atoms with E-state index in [1.165, 1.54) is 24.3 Å². The lowest BCUT2D eigenvalue weighted by Gasteiger charge is -2.34. The third-order valence-corrected chi connectivity index (χ3v) is 8.01. The molecular formula is C33H26ClN5O4. The fourth-order valence-corrected chi connectivity index (χ4v) is 5.70. The number of amidine groups is 1. The zero-order valence-corrected chi connectivity index (χ0v) is 23.6. The Bertz CT molecular complexity index is 1840. The van der Waals surface area contributed by atoms with E-state index >= 15 is 0 Å². The van der Waals surface area contributed by atoms with E-state index in [0.29, 0.717) is 12.2 Å². The summed E-state index contributed by atoms with van der Waals surface area (Å²) in [7, 11) is 0. The van der Waals surface area contributed by atoms with E-state index < -0.39 is 10.9 Å². The summed E-state index contributed by atoms with van der Waals surface area (Å²) in [4.78, 5) is 38.3. The second-order valence-corrected chi connectivity index (χ2v) is 10.7. The molecule has 43 heavy (non-hydrogen) atoms. The van der Waals surface area contributed by atoms with E-state index in [-0.39, 0.29) is 29.9 Å². The quantitative estimate of drug-likeness (QED) is 0.201. The van der Waals surface area contributed by atoms with Crippen LogP contribution in [-0.2, 0) is 4.74 Å². The van der Waals surface area contributed by atoms with E-state index in [0.717, 1.165) is 62.7 Å². The number of aliphatic imine (C=N–C) groups is 2. The molecule has 3 aromatic carbocycles. The number of fused-ring (bicyclic) bond motifs is 2. The number of carbonyl (C=O) groups is 1. The smallest absolute Gasteiger partial charge is 0.338 e. The average Bonchev–Trinajstić information content (AvgIpc) is 3.39. The van der Waals surface area contributed by atoms with E-state index in [2.05, 4.69) is 41.4 Å². The van der Waals surface area contributed by atoms with Crippen molar-refractivity contribution in [3.8, 4) is 11.3 Å². The number of aromatic nitrogens is 1. The van der Waals surface area contributed by atoms with Crippen LogP contribution in [0.3, 0.4) is 0 Å². The molecule has 214 valence electrons. The maximum absolute atomic E-state index is 12.4. The highest BCUT2D eigenvalue weighted by atomic mass is 35.5. The monoisotopic (exact) mass is 591 g/mol. The number of hydrogen-bond acceptors (Lipinski definition) is 7. The van der Waals surface area contributed by atoms with Crippen molar-refractivity contribution in [3.05, 3.63) is 130 Å². The van der Waals surface area contributed by atoms with Gasteiger partial charge in [0, 0.05) is 29.0 Å². The van der Waals surface area contributed by atoms with Crippen molar-refractivity contribution in [2.75, 3.05) is 6.61 Å². The number of rotatable bonds is 7. The SMILES string of the molecule is O=C(OCC1CC(C2=C3C=NC=C[NH+]3C(c3ccc4ccc(-c5ccccc5)nc4c3)=N2)C1)c1ccc([N+](=O)[O-])cc1.[Cl-]. The normalized spacial score (nSPS) is 20.2. The highest BCUT2D eigenvalue weighted by molar-refractivity contribution is 6.01. The number of esters is 1. The predicted octanol–water partition coefficient (Wildman–Crippen LogP) is 2.11. The van der Waals surface area contributed by atoms with Crippen LogP contribution in [0.15, 0.2) is 119 Å². The molecular weight excluding hydrogens is 566 g/mol. The van der Waals surface area contributed by atoms with Crippen molar-refractivity contribution >= 4 is 34.6 Å². The largest absolute Gasteiger partial charge is 1.00 e. The van der Waals surface area contributed by atoms with E-state index in [1.807, 2.05) is 36.7 Å². The molecule has 10 heteroatoms. The number of benzene rings is 3. The number of ether oxygens (including phenoxy) is 1. The van der Waals surface area contributed by atoms with Crippen LogP contribution in [0, 0.1) is 22.0 Å². The number of allylic oxidation sites excluding steroid dienone is 2. The first-order valence-corrected chi connectivity index (χ1v) is 13.8. The number of nitrogens with zero attached hydrogens (tertiary/aromatic N) is 4. The summed E-state index contributed by atoms with van der Waals surface area (Å²) in [5, 5.41) is 11.9. The molecule has 1 fully saturated rings. The lowest BCUT2D eigenvalue weighted by molar-refractivity contribution is -0.689. The molecule has 2 aliphatic heterocycles. The minimum absolute atomic E-state index is 0. The van der Waals surface area contributed by atoms with Gasteiger partial charge in [-0.05, 0) is 49.1 Å². The summed E-state index contributed by atoms with van der Waals surface area (Å²) in [5.41, 5.74) is 6.25. The van der Waals surface area contributed by atoms with Crippen LogP contribution in [0.4, 0.5) is 5.69 Å². The van der Waals surface area contributed by atoms with Crippen LogP contribution in [-0.4, -0.2) is 34.5 Å². The van der Waals surface area contributed by atoms with Gasteiger partial charge in [0.2, 0.25) is 5.84 Å². The van der Waals surface area contributed by atoms with Gasteiger partial charge in [0.1, 0.15) is 11.9 Å². The maximum Gasteiger partial charge on any atom is 0.338 e. The Kier molecular flexibility index (Phi) is 7.67. The second kappa shape index (κ2) is 11.7. The van der Waals surface area contributed by atoms with Crippen LogP contribution in [0.1, 0.15) is 28.8 Å². The van der Waals surface area contributed by atoms with Crippen LogP contribution < -0.4 is 17.3 Å². The lowest BCUT2D eigenvalue weighted by atomic mass is 9.73. The first-order valence-electron chi connectivity index (χ1n) is 13.8. The summed E-state index contributed by atoms with van der Waals surface area (Å²) < 4.78 is 5.51. The van der Waals surface area contributed by atoms with Crippen LogP contribution in [0.5, 0.6) is 0 Å². The molecule has 1 aromatic heterocycles. The predicted molar refractivity (Wildman–Crippen MR) is 159 cm³/mol. The molecule has 1 unspecified atom stereocenters. The van der Waals surface area contributed by atoms with E-state index in [9.17, 15) is 14.9 Å². The number of non-ortho nitro benzene ring substituents is 1. The van der Waals surface area contributed by atoms with Crippen molar-refractivity contribution in [1.82, 2.24) is 4.98 Å². The number of halogens is 1. The van der Waals surface area contributed by atoms with Gasteiger partial charge in [0.15, 0.2) is 5.70 Å². The molecule has 7 rings (SSSR count). The number of pyridine rings is 1. The third-order valence-electron chi connectivity index (χ3n) is 8.01. The van der Waals surface area contributed by atoms with Gasteiger partial charge in [-0.3, -0.25) is 15.1 Å². The Morgan fingerprint density at radius 3 is 2.51 bits per heavy atom. The van der Waals surface area contributed by atoms with Gasteiger partial charge < -0.3 is 17.1 Å². The van der Waals surface area contributed by atoms with Crippen molar-refractivity contribution in [3.63, 3.8) is 0 Å². The van der Waals surface area contributed by atoms with Gasteiger partial charge in [-0.2, -0.15) is 4.99 Å². The summed E-state index contributed by atoms with van der Waals surface area (Å²) in [5.74, 6) is 0.920. The van der Waals surface area contributed by atoms with Crippen molar-refractivity contribution in [1.29, 1.82) is 0 Å². The fourth-order valence-electron chi connectivity index (χ4n) is 5.70. The number of nitro groups is 1.